The summed E-state index contributed by atoms with van der Waals surface area (Å²) < 4.78 is 1.51. The third-order valence-electron chi connectivity index (χ3n) is 3.22. The Balaban J connectivity index is 2.17. The van der Waals surface area contributed by atoms with Gasteiger partial charge in [-0.2, -0.15) is 0 Å². The van der Waals surface area contributed by atoms with E-state index in [4.69, 9.17) is 4.84 Å². The van der Waals surface area contributed by atoms with Crippen LogP contribution in [0.5, 0.6) is 0 Å². The number of hydroxylamine groups is 2. The van der Waals surface area contributed by atoms with Gasteiger partial charge < -0.3 is 0 Å². The summed E-state index contributed by atoms with van der Waals surface area (Å²) in [5, 5.41) is 1.51. The molecule has 0 radical (unpaired) electrons. The first-order valence-corrected chi connectivity index (χ1v) is 16.0. The summed E-state index contributed by atoms with van der Waals surface area (Å²) in [4.78, 5) is 26.5. The van der Waals surface area contributed by atoms with Crippen LogP contribution in [0, 0.1) is 0 Å². The zero-order chi connectivity index (χ0) is 12.6. The van der Waals surface area contributed by atoms with E-state index in [-0.39, 0.29) is 12.1 Å². The molecule has 5 heteroatoms. The van der Waals surface area contributed by atoms with Gasteiger partial charge in [0, 0.05) is 0 Å². The molecule has 94 valence electrons. The maximum atomic E-state index is 12.0. The van der Waals surface area contributed by atoms with Crippen molar-refractivity contribution in [2.24, 2.45) is 0 Å². The first-order valence-electron chi connectivity index (χ1n) is 5.96. The van der Waals surface area contributed by atoms with E-state index in [9.17, 15) is 4.79 Å². The van der Waals surface area contributed by atoms with Crippen molar-refractivity contribution >= 4 is 24.4 Å². The monoisotopic (exact) mass is 344 g/mol. The zero-order valence-corrected chi connectivity index (χ0v) is 13.6. The Morgan fingerprint density at radius 2 is 2.29 bits per heavy atom. The molecule has 0 aromatic rings. The summed E-state index contributed by atoms with van der Waals surface area (Å²) in [5.41, 5.74) is 0. The Morgan fingerprint density at radius 3 is 2.88 bits per heavy atom. The molecule has 1 fully saturated rings. The second-order valence-electron chi connectivity index (χ2n) is 5.58. The predicted octanol–water partition coefficient (Wildman–Crippen LogP) is 2.03. The van der Waals surface area contributed by atoms with Crippen LogP contribution in [0.3, 0.4) is 0 Å². The van der Waals surface area contributed by atoms with Gasteiger partial charge in [0.15, 0.2) is 0 Å². The minimum atomic E-state index is -2.06. The number of amides is 2. The maximum absolute atomic E-state index is 12.0. The molecule has 2 heterocycles. The summed E-state index contributed by atoms with van der Waals surface area (Å²) in [5.74, 6) is 0. The zero-order valence-electron chi connectivity index (χ0n) is 10.8. The number of carbonyl (C=O) groups is 1. The van der Waals surface area contributed by atoms with E-state index in [1.807, 2.05) is 4.90 Å². The van der Waals surface area contributed by atoms with Crippen LogP contribution in [-0.2, 0) is 4.84 Å². The topological polar surface area (TPSA) is 32.8 Å². The van der Waals surface area contributed by atoms with Gasteiger partial charge in [0.05, 0.1) is 0 Å². The van der Waals surface area contributed by atoms with Crippen molar-refractivity contribution in [1.29, 1.82) is 0 Å². The van der Waals surface area contributed by atoms with E-state index >= 15 is 0 Å². The van der Waals surface area contributed by atoms with Crippen LogP contribution in [0.4, 0.5) is 4.79 Å². The van der Waals surface area contributed by atoms with Crippen LogP contribution in [0.2, 0.25) is 14.8 Å². The van der Waals surface area contributed by atoms with E-state index in [2.05, 4.69) is 27.5 Å². The molecule has 1 saturated heterocycles. The van der Waals surface area contributed by atoms with Crippen molar-refractivity contribution in [3.05, 3.63) is 22.3 Å². The van der Waals surface area contributed by atoms with Crippen molar-refractivity contribution in [2.45, 2.75) is 20.9 Å². The molecule has 1 unspecified atom stereocenters. The van der Waals surface area contributed by atoms with Crippen molar-refractivity contribution < 1.29 is 9.63 Å². The van der Waals surface area contributed by atoms with Crippen molar-refractivity contribution in [1.82, 2.24) is 9.96 Å². The van der Waals surface area contributed by atoms with E-state index in [1.54, 1.807) is 6.08 Å². The summed E-state index contributed by atoms with van der Waals surface area (Å²) in [6, 6.07) is 0.0979. The van der Waals surface area contributed by atoms with Gasteiger partial charge in [-0.1, -0.05) is 0 Å². The van der Waals surface area contributed by atoms with Gasteiger partial charge in [-0.25, -0.2) is 0 Å². The molecule has 1 atom stereocenters. The van der Waals surface area contributed by atoms with Crippen LogP contribution < -0.4 is 0 Å². The molecule has 2 aliphatic rings. The number of nitrogens with zero attached hydrogens (tertiary/aromatic N) is 2. The fraction of sp³-hybridized carbons (Fsp3) is 0.583. The molecule has 0 N–H and O–H groups in total. The number of urea groups is 1. The molecule has 4 nitrogen and oxygen atoms in total. The molecular weight excluding hydrogens is 323 g/mol. The summed E-state index contributed by atoms with van der Waals surface area (Å²) in [7, 11) is 0. The Labute approximate surface area is 107 Å². The first kappa shape index (κ1) is 13.0. The quantitative estimate of drug-likeness (QED) is 0.578. The molecule has 2 amide bonds. The van der Waals surface area contributed by atoms with Gasteiger partial charge in [-0.15, -0.1) is 0 Å². The van der Waals surface area contributed by atoms with Crippen molar-refractivity contribution in [3.63, 3.8) is 0 Å². The SMILES string of the molecule is C=CCON1C(=O)N2C[C]([Sn]([CH3])([CH3])[CH3])=CC1C2. The molecular formula is C12H20N2O2Sn. The number of hydrogen-bond donors (Lipinski definition) is 0. The molecule has 2 aliphatic heterocycles. The Kier molecular flexibility index (Phi) is 3.54. The van der Waals surface area contributed by atoms with Crippen LogP contribution in [0.15, 0.2) is 22.3 Å². The number of carbonyl (C=O) groups excluding carboxylic acids is 1. The van der Waals surface area contributed by atoms with Crippen LogP contribution in [-0.4, -0.2) is 60.1 Å². The molecule has 0 aliphatic carbocycles. The van der Waals surface area contributed by atoms with Crippen molar-refractivity contribution in [3.8, 4) is 0 Å². The van der Waals surface area contributed by atoms with Gasteiger partial charge in [-0.3, -0.25) is 0 Å². The van der Waals surface area contributed by atoms with Gasteiger partial charge in [0.1, 0.15) is 0 Å². The third kappa shape index (κ3) is 2.52. The average Bonchev–Trinajstić information content (AvgIpc) is 2.47. The minimum absolute atomic E-state index is 0.00126. The summed E-state index contributed by atoms with van der Waals surface area (Å²) >= 11 is -2.06. The molecule has 0 aromatic heterocycles. The molecule has 0 aromatic carbocycles. The normalized spacial score (nSPS) is 24.1. The number of hydrogen-bond acceptors (Lipinski definition) is 2. The Morgan fingerprint density at radius 1 is 1.59 bits per heavy atom. The molecule has 0 saturated carbocycles. The molecule has 17 heavy (non-hydrogen) atoms. The van der Waals surface area contributed by atoms with E-state index in [0.29, 0.717) is 6.61 Å². The van der Waals surface area contributed by atoms with Gasteiger partial charge in [0.2, 0.25) is 0 Å². The summed E-state index contributed by atoms with van der Waals surface area (Å²) in [6.45, 7) is 5.57. The van der Waals surface area contributed by atoms with Gasteiger partial charge in [-0.05, 0) is 0 Å². The van der Waals surface area contributed by atoms with Crippen molar-refractivity contribution in [2.75, 3.05) is 19.7 Å². The average molecular weight is 343 g/mol. The fourth-order valence-corrected chi connectivity index (χ4v) is 6.05. The number of rotatable bonds is 4. The molecule has 2 rings (SSSR count). The Hall–Kier alpha value is -0.491. The van der Waals surface area contributed by atoms with E-state index < -0.39 is 18.4 Å². The van der Waals surface area contributed by atoms with Gasteiger partial charge in [0.25, 0.3) is 0 Å². The van der Waals surface area contributed by atoms with Gasteiger partial charge >= 0.3 is 107 Å². The molecule has 2 bridgehead atoms. The standard InChI is InChI=1S/C9H11N2O2.3CH3.Sn/c1-2-6-13-11-8-4-3-5-10(7-8)9(11)12;;;;/h2,4,8H,1,5-7H2;3*1H3;. The molecule has 0 spiro atoms. The second kappa shape index (κ2) is 4.65. The predicted molar refractivity (Wildman–Crippen MR) is 70.2 cm³/mol. The number of fused-ring (bicyclic) bond motifs is 2. The van der Waals surface area contributed by atoms with Crippen LogP contribution >= 0.6 is 0 Å². The van der Waals surface area contributed by atoms with Crippen LogP contribution in [0.25, 0.3) is 0 Å². The Bertz CT molecular complexity index is 373. The van der Waals surface area contributed by atoms with E-state index in [0.717, 1.165) is 13.1 Å². The third-order valence-corrected chi connectivity index (χ3v) is 9.64. The first-order chi connectivity index (χ1) is 7.93. The second-order valence-corrected chi connectivity index (χ2v) is 20.3. The summed E-state index contributed by atoms with van der Waals surface area (Å²) in [6.07, 6.45) is 3.93. The van der Waals surface area contributed by atoms with Crippen LogP contribution in [0.1, 0.15) is 0 Å². The van der Waals surface area contributed by atoms with E-state index in [1.165, 1.54) is 8.65 Å². The fourth-order valence-electron chi connectivity index (χ4n) is 2.17.